The first-order valence-electron chi connectivity index (χ1n) is 7.72. The Bertz CT molecular complexity index is 765. The van der Waals surface area contributed by atoms with Crippen molar-refractivity contribution in [1.82, 2.24) is 9.03 Å². The Hall–Kier alpha value is -1.00. The van der Waals surface area contributed by atoms with Crippen LogP contribution in [-0.2, 0) is 24.8 Å². The third-order valence-electron chi connectivity index (χ3n) is 3.86. The maximum Gasteiger partial charge on any atom is 0.280 e. The number of hydrogen-bond acceptors (Lipinski definition) is 5. The van der Waals surface area contributed by atoms with Gasteiger partial charge in [0, 0.05) is 25.4 Å². The molecule has 1 heterocycles. The third kappa shape index (κ3) is 4.76. The molecule has 3 atom stereocenters. The Kier molecular flexibility index (Phi) is 5.71. The topological polar surface area (TPSA) is 92.8 Å². The fourth-order valence-corrected chi connectivity index (χ4v) is 4.87. The first kappa shape index (κ1) is 19.3. The van der Waals surface area contributed by atoms with Gasteiger partial charge in [-0.25, -0.2) is 8.42 Å². The molecule has 0 unspecified atom stereocenters. The van der Waals surface area contributed by atoms with Crippen molar-refractivity contribution in [2.45, 2.75) is 43.9 Å². The van der Waals surface area contributed by atoms with Crippen LogP contribution in [0.1, 0.15) is 32.4 Å². The van der Waals surface area contributed by atoms with Crippen LogP contribution >= 0.6 is 0 Å². The van der Waals surface area contributed by atoms with Crippen molar-refractivity contribution in [3.8, 4) is 0 Å². The SMILES string of the molecule is C[C@@H]1CN(S(=O)(=O)N[C@H](C)c2ccc(S(C)(=O)=O)cc2)C[C@H](C)O1. The molecule has 24 heavy (non-hydrogen) atoms. The molecule has 2 rings (SSSR count). The Labute approximate surface area is 144 Å². The van der Waals surface area contributed by atoms with Crippen molar-refractivity contribution in [1.29, 1.82) is 0 Å². The molecular weight excluding hydrogens is 352 g/mol. The molecule has 0 amide bonds. The number of nitrogens with one attached hydrogen (secondary N) is 1. The molecule has 1 aromatic rings. The molecule has 1 aliphatic heterocycles. The van der Waals surface area contributed by atoms with E-state index in [0.717, 1.165) is 6.26 Å². The van der Waals surface area contributed by atoms with E-state index in [4.69, 9.17) is 4.74 Å². The first-order chi connectivity index (χ1) is 11.0. The second kappa shape index (κ2) is 7.09. The number of ether oxygens (including phenoxy) is 1. The van der Waals surface area contributed by atoms with E-state index in [1.165, 1.54) is 16.4 Å². The van der Waals surface area contributed by atoms with E-state index in [2.05, 4.69) is 4.72 Å². The third-order valence-corrected chi connectivity index (χ3v) is 6.62. The monoisotopic (exact) mass is 376 g/mol. The fraction of sp³-hybridized carbons (Fsp3) is 0.600. The molecule has 0 bridgehead atoms. The van der Waals surface area contributed by atoms with E-state index in [-0.39, 0.29) is 17.1 Å². The van der Waals surface area contributed by atoms with Gasteiger partial charge in [0.2, 0.25) is 0 Å². The molecule has 0 aromatic heterocycles. The summed E-state index contributed by atoms with van der Waals surface area (Å²) in [5.41, 5.74) is 0.695. The van der Waals surface area contributed by atoms with Gasteiger partial charge in [0.25, 0.3) is 10.2 Å². The maximum atomic E-state index is 12.6. The normalized spacial score (nSPS) is 24.7. The highest BCUT2D eigenvalue weighted by Crippen LogP contribution is 2.19. The maximum absolute atomic E-state index is 12.6. The summed E-state index contributed by atoms with van der Waals surface area (Å²) >= 11 is 0. The Morgan fingerprint density at radius 2 is 1.58 bits per heavy atom. The van der Waals surface area contributed by atoms with Crippen LogP contribution < -0.4 is 4.72 Å². The highest BCUT2D eigenvalue weighted by Gasteiger charge is 2.31. The predicted octanol–water partition coefficient (Wildman–Crippen LogP) is 1.09. The van der Waals surface area contributed by atoms with Crippen molar-refractivity contribution in [2.75, 3.05) is 19.3 Å². The van der Waals surface area contributed by atoms with Gasteiger partial charge in [-0.15, -0.1) is 0 Å². The minimum atomic E-state index is -3.65. The van der Waals surface area contributed by atoms with Gasteiger partial charge in [-0.1, -0.05) is 12.1 Å². The van der Waals surface area contributed by atoms with E-state index < -0.39 is 26.1 Å². The summed E-state index contributed by atoms with van der Waals surface area (Å²) < 4.78 is 57.6. The zero-order valence-electron chi connectivity index (χ0n) is 14.3. The Morgan fingerprint density at radius 3 is 2.04 bits per heavy atom. The molecule has 0 spiro atoms. The van der Waals surface area contributed by atoms with Gasteiger partial charge in [0.1, 0.15) is 0 Å². The quantitative estimate of drug-likeness (QED) is 0.830. The number of sulfone groups is 1. The molecule has 0 aliphatic carbocycles. The van der Waals surface area contributed by atoms with Crippen LogP contribution in [0.15, 0.2) is 29.2 Å². The number of hydrogen-bond donors (Lipinski definition) is 1. The number of benzene rings is 1. The van der Waals surface area contributed by atoms with E-state index in [1.54, 1.807) is 19.1 Å². The number of rotatable bonds is 5. The standard InChI is InChI=1S/C15H24N2O5S2/c1-11-9-17(10-12(2)22-11)24(20,21)16-13(3)14-5-7-15(8-6-14)23(4,18)19/h5-8,11-13,16H,9-10H2,1-4H3/t11-,12+,13-/m1/s1. The van der Waals surface area contributed by atoms with E-state index in [0.29, 0.717) is 18.7 Å². The van der Waals surface area contributed by atoms with Gasteiger partial charge in [-0.3, -0.25) is 0 Å². The van der Waals surface area contributed by atoms with Gasteiger partial charge in [-0.05, 0) is 38.5 Å². The molecule has 1 aliphatic rings. The summed E-state index contributed by atoms with van der Waals surface area (Å²) in [6, 6.07) is 5.72. The van der Waals surface area contributed by atoms with Crippen molar-refractivity contribution in [3.05, 3.63) is 29.8 Å². The lowest BCUT2D eigenvalue weighted by atomic mass is 10.1. The van der Waals surface area contributed by atoms with E-state index in [9.17, 15) is 16.8 Å². The highest BCUT2D eigenvalue weighted by molar-refractivity contribution is 7.90. The van der Waals surface area contributed by atoms with Crippen molar-refractivity contribution in [2.24, 2.45) is 0 Å². The summed E-state index contributed by atoms with van der Waals surface area (Å²) in [6.07, 6.45) is 0.818. The minimum absolute atomic E-state index is 0.158. The number of nitrogens with zero attached hydrogens (tertiary/aromatic N) is 1. The lowest BCUT2D eigenvalue weighted by molar-refractivity contribution is -0.0444. The van der Waals surface area contributed by atoms with Crippen LogP contribution in [-0.4, -0.2) is 52.7 Å². The average Bonchev–Trinajstić information content (AvgIpc) is 2.45. The molecule has 1 fully saturated rings. The highest BCUT2D eigenvalue weighted by atomic mass is 32.2. The second-order valence-corrected chi connectivity index (χ2v) is 9.98. The lowest BCUT2D eigenvalue weighted by Gasteiger charge is -2.35. The summed E-state index contributed by atoms with van der Waals surface area (Å²) in [5.74, 6) is 0. The van der Waals surface area contributed by atoms with Crippen LogP contribution in [0, 0.1) is 0 Å². The lowest BCUT2D eigenvalue weighted by Crippen LogP contribution is -2.52. The predicted molar refractivity (Wildman–Crippen MR) is 91.6 cm³/mol. The number of morpholine rings is 1. The van der Waals surface area contributed by atoms with Crippen molar-refractivity contribution in [3.63, 3.8) is 0 Å². The molecule has 1 N–H and O–H groups in total. The van der Waals surface area contributed by atoms with Gasteiger partial charge in [-0.2, -0.15) is 17.4 Å². The largest absolute Gasteiger partial charge is 0.373 e. The molecule has 0 saturated carbocycles. The van der Waals surface area contributed by atoms with E-state index in [1.807, 2.05) is 13.8 Å². The summed E-state index contributed by atoms with van der Waals surface area (Å²) in [4.78, 5) is 0.206. The smallest absolute Gasteiger partial charge is 0.280 e. The first-order valence-corrected chi connectivity index (χ1v) is 11.0. The molecule has 9 heteroatoms. The van der Waals surface area contributed by atoms with Crippen LogP contribution in [0.25, 0.3) is 0 Å². The van der Waals surface area contributed by atoms with Crippen LogP contribution in [0.2, 0.25) is 0 Å². The van der Waals surface area contributed by atoms with Gasteiger partial charge >= 0.3 is 0 Å². The molecule has 1 saturated heterocycles. The van der Waals surface area contributed by atoms with Crippen molar-refractivity contribution < 1.29 is 21.6 Å². The van der Waals surface area contributed by atoms with Gasteiger partial charge in [0.15, 0.2) is 9.84 Å². The Morgan fingerprint density at radius 1 is 1.08 bits per heavy atom. The average molecular weight is 377 g/mol. The molecule has 136 valence electrons. The summed E-state index contributed by atoms with van der Waals surface area (Å²) in [6.45, 7) is 6.01. The van der Waals surface area contributed by atoms with Gasteiger partial charge in [0.05, 0.1) is 17.1 Å². The molecule has 1 aromatic carbocycles. The Balaban J connectivity index is 2.11. The van der Waals surface area contributed by atoms with Crippen molar-refractivity contribution >= 4 is 20.0 Å². The molecule has 7 nitrogen and oxygen atoms in total. The zero-order chi connectivity index (χ0) is 18.1. The molecule has 0 radical (unpaired) electrons. The van der Waals surface area contributed by atoms with Crippen LogP contribution in [0.3, 0.4) is 0 Å². The van der Waals surface area contributed by atoms with E-state index >= 15 is 0 Å². The minimum Gasteiger partial charge on any atom is -0.373 e. The van der Waals surface area contributed by atoms with Crippen LogP contribution in [0.5, 0.6) is 0 Å². The second-order valence-electron chi connectivity index (χ2n) is 6.26. The molecular formula is C15H24N2O5S2. The van der Waals surface area contributed by atoms with Crippen LogP contribution in [0.4, 0.5) is 0 Å². The fourth-order valence-electron chi connectivity index (χ4n) is 2.70. The summed E-state index contributed by atoms with van der Waals surface area (Å²) in [7, 11) is -6.92. The van der Waals surface area contributed by atoms with Gasteiger partial charge < -0.3 is 4.74 Å². The zero-order valence-corrected chi connectivity index (χ0v) is 15.9. The summed E-state index contributed by atoms with van der Waals surface area (Å²) in [5, 5.41) is 0.